The van der Waals surface area contributed by atoms with Gasteiger partial charge in [0, 0.05) is 16.1 Å². The number of benzene rings is 1. The molecule has 0 saturated carbocycles. The second-order valence-corrected chi connectivity index (χ2v) is 7.95. The average molecular weight is 372 g/mol. The summed E-state index contributed by atoms with van der Waals surface area (Å²) in [7, 11) is 0. The van der Waals surface area contributed by atoms with Gasteiger partial charge < -0.3 is 0 Å². The first-order valence-corrected chi connectivity index (χ1v) is 6.60. The molecule has 1 rings (SSSR count). The van der Waals surface area contributed by atoms with Gasteiger partial charge >= 0.3 is 0 Å². The summed E-state index contributed by atoms with van der Waals surface area (Å²) in [5.74, 6) is 0. The van der Waals surface area contributed by atoms with Crippen LogP contribution < -0.4 is 0 Å². The van der Waals surface area contributed by atoms with Gasteiger partial charge in [0.2, 0.25) is 7.59 Å². The fourth-order valence-corrected chi connectivity index (χ4v) is 2.51. The van der Waals surface area contributed by atoms with Gasteiger partial charge in [-0.25, -0.2) is 0 Å². The standard InChI is InChI=1S/C9H2Cl7N/c10-7-2-5(8(11,12)13)4(3-17)1-6(7)9(14,15)16/h1-2H. The van der Waals surface area contributed by atoms with E-state index in [0.717, 1.165) is 0 Å². The monoisotopic (exact) mass is 369 g/mol. The van der Waals surface area contributed by atoms with Crippen LogP contribution in [0.15, 0.2) is 12.1 Å². The number of hydrogen-bond acceptors (Lipinski definition) is 1. The summed E-state index contributed by atoms with van der Waals surface area (Å²) in [6.45, 7) is 0. The van der Waals surface area contributed by atoms with Gasteiger partial charge in [0.05, 0.1) is 11.6 Å². The van der Waals surface area contributed by atoms with Crippen molar-refractivity contribution < 1.29 is 0 Å². The number of hydrogen-bond donors (Lipinski definition) is 0. The van der Waals surface area contributed by atoms with E-state index in [2.05, 4.69) is 0 Å². The number of alkyl halides is 6. The van der Waals surface area contributed by atoms with E-state index in [0.29, 0.717) is 0 Å². The van der Waals surface area contributed by atoms with E-state index in [1.165, 1.54) is 12.1 Å². The van der Waals surface area contributed by atoms with Crippen molar-refractivity contribution in [3.63, 3.8) is 0 Å². The SMILES string of the molecule is N#Cc1cc(C(Cl)(Cl)Cl)c(Cl)cc1C(Cl)(Cl)Cl. The molecule has 0 N–H and O–H groups in total. The highest BCUT2D eigenvalue weighted by Gasteiger charge is 2.32. The van der Waals surface area contributed by atoms with E-state index < -0.39 is 7.59 Å². The van der Waals surface area contributed by atoms with Crippen molar-refractivity contribution in [2.75, 3.05) is 0 Å². The van der Waals surface area contributed by atoms with Crippen molar-refractivity contribution in [2.45, 2.75) is 7.59 Å². The summed E-state index contributed by atoms with van der Waals surface area (Å²) < 4.78 is -3.53. The Kier molecular flexibility index (Phi) is 5.01. The van der Waals surface area contributed by atoms with Crippen molar-refractivity contribution in [2.24, 2.45) is 0 Å². The Morgan fingerprint density at radius 3 is 1.71 bits per heavy atom. The minimum Gasteiger partial charge on any atom is -0.192 e. The number of nitrogens with zero attached hydrogens (tertiary/aromatic N) is 1. The molecule has 0 aliphatic rings. The zero-order valence-corrected chi connectivity index (χ0v) is 13.0. The fraction of sp³-hybridized carbons (Fsp3) is 0.222. The first kappa shape index (κ1) is 15.8. The summed E-state index contributed by atoms with van der Waals surface area (Å²) >= 11 is 40.1. The summed E-state index contributed by atoms with van der Waals surface area (Å²) in [6.07, 6.45) is 0. The molecule has 0 fully saturated rings. The molecule has 0 aromatic heterocycles. The van der Waals surface area contributed by atoms with E-state index in [-0.39, 0.29) is 21.7 Å². The number of nitriles is 1. The van der Waals surface area contributed by atoms with Crippen LogP contribution in [0.2, 0.25) is 5.02 Å². The zero-order chi connectivity index (χ0) is 13.4. The molecule has 92 valence electrons. The fourth-order valence-electron chi connectivity index (χ4n) is 1.12. The average Bonchev–Trinajstić information content (AvgIpc) is 2.14. The van der Waals surface area contributed by atoms with E-state index >= 15 is 0 Å². The zero-order valence-electron chi connectivity index (χ0n) is 7.75. The normalized spacial score (nSPS) is 12.4. The van der Waals surface area contributed by atoms with Crippen LogP contribution >= 0.6 is 81.2 Å². The molecule has 0 bridgehead atoms. The van der Waals surface area contributed by atoms with Gasteiger partial charge in [-0.3, -0.25) is 0 Å². The first-order valence-electron chi connectivity index (χ1n) is 3.95. The van der Waals surface area contributed by atoms with E-state index in [1.807, 2.05) is 6.07 Å². The van der Waals surface area contributed by atoms with Gasteiger partial charge in [-0.15, -0.1) is 0 Å². The summed E-state index contributed by atoms with van der Waals surface area (Å²) in [4.78, 5) is 0. The highest BCUT2D eigenvalue weighted by atomic mass is 35.6. The van der Waals surface area contributed by atoms with Gasteiger partial charge in [-0.1, -0.05) is 81.2 Å². The van der Waals surface area contributed by atoms with Crippen LogP contribution in [0.5, 0.6) is 0 Å². The maximum absolute atomic E-state index is 8.96. The molecule has 0 atom stereocenters. The van der Waals surface area contributed by atoms with Gasteiger partial charge in [0.1, 0.15) is 0 Å². The third kappa shape index (κ3) is 3.85. The molecule has 8 heteroatoms. The third-order valence-corrected chi connectivity index (χ3v) is 3.37. The summed E-state index contributed by atoms with van der Waals surface area (Å²) in [5, 5.41) is 9.07. The van der Waals surface area contributed by atoms with E-state index in [1.54, 1.807) is 0 Å². The van der Waals surface area contributed by atoms with Crippen LogP contribution in [0.1, 0.15) is 16.7 Å². The van der Waals surface area contributed by atoms with E-state index in [9.17, 15) is 0 Å². The molecule has 0 radical (unpaired) electrons. The van der Waals surface area contributed by atoms with Crippen LogP contribution in [-0.2, 0) is 7.59 Å². The molecule has 0 heterocycles. The Bertz CT molecular complexity index is 478. The molecule has 1 aromatic carbocycles. The Balaban J connectivity index is 3.53. The molecule has 1 aromatic rings. The van der Waals surface area contributed by atoms with Gasteiger partial charge in [-0.05, 0) is 12.1 Å². The Hall–Kier alpha value is 0.740. The molecule has 17 heavy (non-hydrogen) atoms. The number of rotatable bonds is 0. The van der Waals surface area contributed by atoms with Crippen LogP contribution in [0.4, 0.5) is 0 Å². The maximum atomic E-state index is 8.96. The first-order chi connectivity index (χ1) is 7.57. The second-order valence-electron chi connectivity index (χ2n) is 2.98. The minimum absolute atomic E-state index is 0.0794. The van der Waals surface area contributed by atoms with Crippen LogP contribution in [0.25, 0.3) is 0 Å². The lowest BCUT2D eigenvalue weighted by Gasteiger charge is -2.18. The highest BCUT2D eigenvalue weighted by Crippen LogP contribution is 2.46. The number of halogens is 7. The predicted molar refractivity (Wildman–Crippen MR) is 74.6 cm³/mol. The van der Waals surface area contributed by atoms with Crippen molar-refractivity contribution >= 4 is 81.2 Å². The Labute approximate surface area is 133 Å². The largest absolute Gasteiger partial charge is 0.217 e. The van der Waals surface area contributed by atoms with Crippen molar-refractivity contribution in [1.29, 1.82) is 5.26 Å². The van der Waals surface area contributed by atoms with Gasteiger partial charge in [0.15, 0.2) is 0 Å². The second kappa shape index (κ2) is 5.39. The molecule has 0 saturated heterocycles. The predicted octanol–water partition coefficient (Wildman–Crippen LogP) is 5.87. The lowest BCUT2D eigenvalue weighted by molar-refractivity contribution is 1.17. The lowest BCUT2D eigenvalue weighted by atomic mass is 10.1. The Morgan fingerprint density at radius 2 is 1.35 bits per heavy atom. The maximum Gasteiger partial charge on any atom is 0.217 e. The van der Waals surface area contributed by atoms with E-state index in [4.69, 9.17) is 86.5 Å². The molecule has 0 aliphatic heterocycles. The quantitative estimate of drug-likeness (QED) is 0.523. The topological polar surface area (TPSA) is 23.8 Å². The van der Waals surface area contributed by atoms with Gasteiger partial charge in [0.25, 0.3) is 0 Å². The van der Waals surface area contributed by atoms with Gasteiger partial charge in [-0.2, -0.15) is 5.26 Å². The highest BCUT2D eigenvalue weighted by molar-refractivity contribution is 6.68. The van der Waals surface area contributed by atoms with Crippen molar-refractivity contribution in [3.8, 4) is 6.07 Å². The molecular formula is C9H2Cl7N. The lowest BCUT2D eigenvalue weighted by Crippen LogP contribution is -2.08. The minimum atomic E-state index is -1.78. The molecule has 0 unspecified atom stereocenters. The molecule has 1 nitrogen and oxygen atoms in total. The summed E-state index contributed by atoms with van der Waals surface area (Å²) in [6, 6.07) is 4.43. The third-order valence-electron chi connectivity index (χ3n) is 1.84. The molecule has 0 amide bonds. The molecule has 0 spiro atoms. The van der Waals surface area contributed by atoms with Crippen LogP contribution in [0.3, 0.4) is 0 Å². The summed E-state index contributed by atoms with van der Waals surface area (Å²) in [5.41, 5.74) is 0.363. The molecular weight excluding hydrogens is 370 g/mol. The molecule has 0 aliphatic carbocycles. The smallest absolute Gasteiger partial charge is 0.192 e. The van der Waals surface area contributed by atoms with Crippen molar-refractivity contribution in [3.05, 3.63) is 33.8 Å². The van der Waals surface area contributed by atoms with Crippen LogP contribution in [-0.4, -0.2) is 0 Å². The van der Waals surface area contributed by atoms with Crippen molar-refractivity contribution in [1.82, 2.24) is 0 Å². The Morgan fingerprint density at radius 1 is 0.882 bits per heavy atom. The van der Waals surface area contributed by atoms with Crippen LogP contribution in [0, 0.1) is 11.3 Å².